The number of nitrogens with two attached hydrogens (primary N) is 1. The summed E-state index contributed by atoms with van der Waals surface area (Å²) in [7, 11) is 0. The Kier molecular flexibility index (Phi) is 3.71. The van der Waals surface area contributed by atoms with Gasteiger partial charge in [0.25, 0.3) is 0 Å². The summed E-state index contributed by atoms with van der Waals surface area (Å²) in [5, 5.41) is 0. The van der Waals surface area contributed by atoms with Crippen LogP contribution in [0.25, 0.3) is 0 Å². The largest absolute Gasteiger partial charge is 0.334 e. The summed E-state index contributed by atoms with van der Waals surface area (Å²) >= 11 is 0. The van der Waals surface area contributed by atoms with E-state index in [1.165, 1.54) is 16.7 Å². The van der Waals surface area contributed by atoms with Crippen LogP contribution >= 0.6 is 0 Å². The molecule has 3 heteroatoms. The second-order valence-corrected chi connectivity index (χ2v) is 5.34. The Morgan fingerprint density at radius 1 is 1.44 bits per heavy atom. The number of nitrogens with zero attached hydrogens (tertiary/aromatic N) is 1. The van der Waals surface area contributed by atoms with Crippen LogP contribution in [0.4, 0.5) is 0 Å². The maximum Gasteiger partial charge on any atom is 0.239 e. The fraction of sp³-hybridized carbons (Fsp3) is 0.533. The lowest BCUT2D eigenvalue weighted by Crippen LogP contribution is -2.41. The number of likely N-dealkylation sites (tertiary alicyclic amines) is 1. The van der Waals surface area contributed by atoms with Crippen LogP contribution in [0.2, 0.25) is 0 Å². The zero-order chi connectivity index (χ0) is 13.3. The Morgan fingerprint density at radius 2 is 2.17 bits per heavy atom. The molecule has 1 aromatic rings. The average molecular weight is 246 g/mol. The van der Waals surface area contributed by atoms with E-state index in [9.17, 15) is 4.79 Å². The smallest absolute Gasteiger partial charge is 0.239 e. The molecular weight excluding hydrogens is 224 g/mol. The predicted octanol–water partition coefficient (Wildman–Crippen LogP) is 2.31. The molecule has 0 radical (unpaired) electrons. The summed E-state index contributed by atoms with van der Waals surface area (Å²) in [5.41, 5.74) is 9.52. The van der Waals surface area contributed by atoms with Crippen LogP contribution in [-0.4, -0.2) is 23.4 Å². The zero-order valence-electron chi connectivity index (χ0n) is 11.4. The standard InChI is InChI=1S/C15H22N2O/c1-10-6-7-11(2)13(9-10)14-5-4-8-17(14)15(18)12(3)16/h6-7,9,12,14H,4-5,8,16H2,1-3H3/t12-,14-/m1/s1. The van der Waals surface area contributed by atoms with Gasteiger partial charge in [0.05, 0.1) is 12.1 Å². The number of carbonyl (C=O) groups excluding carboxylic acids is 1. The van der Waals surface area contributed by atoms with Crippen molar-refractivity contribution in [3.63, 3.8) is 0 Å². The van der Waals surface area contributed by atoms with Crippen molar-refractivity contribution in [2.45, 2.75) is 45.7 Å². The summed E-state index contributed by atoms with van der Waals surface area (Å²) in [6.07, 6.45) is 2.11. The molecule has 2 atom stereocenters. The molecule has 1 aromatic carbocycles. The molecule has 0 saturated carbocycles. The fourth-order valence-corrected chi connectivity index (χ4v) is 2.73. The average Bonchev–Trinajstić information content (AvgIpc) is 2.80. The number of amides is 1. The fourth-order valence-electron chi connectivity index (χ4n) is 2.73. The quantitative estimate of drug-likeness (QED) is 0.870. The molecule has 1 saturated heterocycles. The van der Waals surface area contributed by atoms with Crippen LogP contribution in [0.15, 0.2) is 18.2 Å². The number of benzene rings is 1. The molecule has 2 rings (SSSR count). The molecule has 0 aromatic heterocycles. The minimum absolute atomic E-state index is 0.0680. The van der Waals surface area contributed by atoms with Gasteiger partial charge in [0.1, 0.15) is 0 Å². The van der Waals surface area contributed by atoms with E-state index in [1.807, 2.05) is 4.90 Å². The van der Waals surface area contributed by atoms with Crippen molar-refractivity contribution in [2.24, 2.45) is 5.73 Å². The van der Waals surface area contributed by atoms with Gasteiger partial charge < -0.3 is 10.6 Å². The monoisotopic (exact) mass is 246 g/mol. The predicted molar refractivity (Wildman–Crippen MR) is 73.3 cm³/mol. The van der Waals surface area contributed by atoms with Gasteiger partial charge in [-0.1, -0.05) is 23.8 Å². The molecule has 0 unspecified atom stereocenters. The van der Waals surface area contributed by atoms with E-state index in [4.69, 9.17) is 5.73 Å². The van der Waals surface area contributed by atoms with Gasteiger partial charge in [-0.2, -0.15) is 0 Å². The summed E-state index contributed by atoms with van der Waals surface area (Å²) in [6.45, 7) is 6.80. The van der Waals surface area contributed by atoms with Gasteiger partial charge >= 0.3 is 0 Å². The molecule has 3 nitrogen and oxygen atoms in total. The first kappa shape index (κ1) is 13.1. The Morgan fingerprint density at radius 3 is 2.83 bits per heavy atom. The van der Waals surface area contributed by atoms with Crippen LogP contribution in [0.5, 0.6) is 0 Å². The van der Waals surface area contributed by atoms with Gasteiger partial charge in [0.15, 0.2) is 0 Å². The molecule has 0 aliphatic carbocycles. The van der Waals surface area contributed by atoms with E-state index in [-0.39, 0.29) is 11.9 Å². The SMILES string of the molecule is Cc1ccc(C)c([C@H]2CCCN2C(=O)[C@@H](C)N)c1. The molecule has 18 heavy (non-hydrogen) atoms. The highest BCUT2D eigenvalue weighted by molar-refractivity contribution is 5.82. The van der Waals surface area contributed by atoms with Crippen molar-refractivity contribution in [2.75, 3.05) is 6.54 Å². The van der Waals surface area contributed by atoms with Gasteiger partial charge in [0.2, 0.25) is 5.91 Å². The van der Waals surface area contributed by atoms with Gasteiger partial charge in [-0.3, -0.25) is 4.79 Å². The van der Waals surface area contributed by atoms with Gasteiger partial charge in [-0.25, -0.2) is 0 Å². The van der Waals surface area contributed by atoms with Crippen molar-refractivity contribution < 1.29 is 4.79 Å². The van der Waals surface area contributed by atoms with Crippen molar-refractivity contribution in [1.82, 2.24) is 4.90 Å². The first-order valence-electron chi connectivity index (χ1n) is 6.64. The maximum absolute atomic E-state index is 12.1. The number of hydrogen-bond donors (Lipinski definition) is 1. The molecule has 1 aliphatic heterocycles. The third kappa shape index (κ3) is 2.41. The summed E-state index contributed by atoms with van der Waals surface area (Å²) < 4.78 is 0. The Hall–Kier alpha value is -1.35. The first-order valence-corrected chi connectivity index (χ1v) is 6.64. The van der Waals surface area contributed by atoms with Gasteiger partial charge in [-0.05, 0) is 44.7 Å². The summed E-state index contributed by atoms with van der Waals surface area (Å²) in [4.78, 5) is 14.1. The molecule has 2 N–H and O–H groups in total. The highest BCUT2D eigenvalue weighted by atomic mass is 16.2. The van der Waals surface area contributed by atoms with Crippen molar-refractivity contribution in [3.8, 4) is 0 Å². The second kappa shape index (κ2) is 5.11. The van der Waals surface area contributed by atoms with Crippen molar-refractivity contribution in [1.29, 1.82) is 0 Å². The van der Waals surface area contributed by atoms with Crippen LogP contribution in [0, 0.1) is 13.8 Å². The Labute approximate surface area is 109 Å². The van der Waals surface area contributed by atoms with E-state index in [0.717, 1.165) is 19.4 Å². The number of aryl methyl sites for hydroxylation is 2. The first-order chi connectivity index (χ1) is 8.50. The molecule has 0 bridgehead atoms. The second-order valence-electron chi connectivity index (χ2n) is 5.34. The van der Waals surface area contributed by atoms with Crippen LogP contribution in [0.3, 0.4) is 0 Å². The minimum Gasteiger partial charge on any atom is -0.334 e. The van der Waals surface area contributed by atoms with E-state index in [2.05, 4.69) is 32.0 Å². The summed E-state index contributed by atoms with van der Waals surface area (Å²) in [5.74, 6) is 0.0680. The lowest BCUT2D eigenvalue weighted by molar-refractivity contribution is -0.133. The van der Waals surface area contributed by atoms with Crippen molar-refractivity contribution >= 4 is 5.91 Å². The number of hydrogen-bond acceptors (Lipinski definition) is 2. The van der Waals surface area contributed by atoms with Gasteiger partial charge in [-0.15, -0.1) is 0 Å². The maximum atomic E-state index is 12.1. The number of carbonyl (C=O) groups is 1. The highest BCUT2D eigenvalue weighted by Gasteiger charge is 2.31. The van der Waals surface area contributed by atoms with Crippen LogP contribution in [-0.2, 0) is 4.79 Å². The molecular formula is C15H22N2O. The van der Waals surface area contributed by atoms with E-state index in [1.54, 1.807) is 6.92 Å². The van der Waals surface area contributed by atoms with Crippen molar-refractivity contribution in [3.05, 3.63) is 34.9 Å². The molecule has 1 fully saturated rings. The highest BCUT2D eigenvalue weighted by Crippen LogP contribution is 2.34. The Bertz CT molecular complexity index is 454. The molecule has 1 aliphatic rings. The lowest BCUT2D eigenvalue weighted by atomic mass is 9.97. The van der Waals surface area contributed by atoms with E-state index >= 15 is 0 Å². The molecule has 0 spiro atoms. The third-order valence-corrected chi connectivity index (χ3v) is 3.72. The van der Waals surface area contributed by atoms with E-state index in [0.29, 0.717) is 0 Å². The molecule has 1 amide bonds. The van der Waals surface area contributed by atoms with Crippen LogP contribution in [0.1, 0.15) is 42.5 Å². The topological polar surface area (TPSA) is 46.3 Å². The lowest BCUT2D eigenvalue weighted by Gasteiger charge is -2.28. The van der Waals surface area contributed by atoms with Crippen LogP contribution < -0.4 is 5.73 Å². The summed E-state index contributed by atoms with van der Waals surface area (Å²) in [6, 6.07) is 6.26. The normalized spacial score (nSPS) is 21.1. The molecule has 1 heterocycles. The Balaban J connectivity index is 2.31. The molecule has 98 valence electrons. The van der Waals surface area contributed by atoms with E-state index < -0.39 is 6.04 Å². The number of rotatable bonds is 2. The zero-order valence-corrected chi connectivity index (χ0v) is 11.4. The van der Waals surface area contributed by atoms with Gasteiger partial charge in [0, 0.05) is 6.54 Å². The minimum atomic E-state index is -0.407. The third-order valence-electron chi connectivity index (χ3n) is 3.72.